The van der Waals surface area contributed by atoms with Gasteiger partial charge in [0.05, 0.1) is 0 Å². The number of hydrogen-bond acceptors (Lipinski definition) is 5. The highest BCUT2D eigenvalue weighted by Gasteiger charge is 2.27. The molecule has 3 rings (SSSR count). The fourth-order valence-electron chi connectivity index (χ4n) is 3.73. The molecule has 0 bridgehead atoms. The molecular weight excluding hydrogens is 422 g/mol. The molecule has 3 aromatic rings. The minimum atomic E-state index is -1.10. The standard InChI is InChI=1S/C26H29NO6/c1-14(2)22(25(29)30)27-24(28)17(5)32-21-12-11-19-15(3)20(13-18-9-7-6-8-10-18)26(31)33-23(19)16(21)4/h6-12,14,17,22H,13H2,1-5H3,(H,27,28)(H,29,30)/t17?,22-/m0/s1. The highest BCUT2D eigenvalue weighted by Crippen LogP contribution is 2.30. The van der Waals surface area contributed by atoms with Crippen molar-refractivity contribution in [2.75, 3.05) is 0 Å². The average Bonchev–Trinajstić information content (AvgIpc) is 2.77. The molecule has 0 aliphatic rings. The van der Waals surface area contributed by atoms with Crippen molar-refractivity contribution in [3.05, 3.63) is 75.1 Å². The lowest BCUT2D eigenvalue weighted by Crippen LogP contribution is -2.48. The first-order chi connectivity index (χ1) is 15.6. The number of hydrogen-bond donors (Lipinski definition) is 2. The van der Waals surface area contributed by atoms with E-state index in [1.54, 1.807) is 33.8 Å². The monoisotopic (exact) mass is 451 g/mol. The number of aliphatic carboxylic acids is 1. The van der Waals surface area contributed by atoms with Gasteiger partial charge in [0.2, 0.25) is 0 Å². The summed E-state index contributed by atoms with van der Waals surface area (Å²) in [6.07, 6.45) is -0.466. The number of carboxylic acids is 1. The van der Waals surface area contributed by atoms with Crippen molar-refractivity contribution in [2.45, 2.75) is 53.2 Å². The Kier molecular flexibility index (Phi) is 7.21. The van der Waals surface area contributed by atoms with Crippen molar-refractivity contribution in [1.82, 2.24) is 5.32 Å². The summed E-state index contributed by atoms with van der Waals surface area (Å²) >= 11 is 0. The van der Waals surface area contributed by atoms with Gasteiger partial charge in [0.1, 0.15) is 17.4 Å². The summed E-state index contributed by atoms with van der Waals surface area (Å²) in [4.78, 5) is 36.6. The molecule has 1 unspecified atom stereocenters. The molecule has 0 radical (unpaired) electrons. The second-order valence-corrected chi connectivity index (χ2v) is 8.55. The minimum absolute atomic E-state index is 0.275. The molecule has 33 heavy (non-hydrogen) atoms. The van der Waals surface area contributed by atoms with Crippen LogP contribution in [-0.4, -0.2) is 29.1 Å². The van der Waals surface area contributed by atoms with Gasteiger partial charge in [-0.1, -0.05) is 44.2 Å². The zero-order chi connectivity index (χ0) is 24.3. The van der Waals surface area contributed by atoms with Crippen LogP contribution < -0.4 is 15.7 Å². The molecule has 0 aliphatic carbocycles. The van der Waals surface area contributed by atoms with E-state index in [1.165, 1.54) is 0 Å². The number of carboxylic acid groups (broad SMARTS) is 1. The molecule has 2 atom stereocenters. The molecular formula is C26H29NO6. The van der Waals surface area contributed by atoms with Gasteiger partial charge >= 0.3 is 11.6 Å². The quantitative estimate of drug-likeness (QED) is 0.502. The molecule has 0 saturated heterocycles. The molecule has 1 amide bonds. The third kappa shape index (κ3) is 5.25. The smallest absolute Gasteiger partial charge is 0.340 e. The van der Waals surface area contributed by atoms with Gasteiger partial charge in [0, 0.05) is 22.9 Å². The normalized spacial score (nSPS) is 13.0. The van der Waals surface area contributed by atoms with E-state index in [4.69, 9.17) is 9.15 Å². The number of amides is 1. The average molecular weight is 452 g/mol. The number of rotatable bonds is 8. The van der Waals surface area contributed by atoms with Gasteiger partial charge in [0.25, 0.3) is 5.91 Å². The molecule has 7 nitrogen and oxygen atoms in total. The van der Waals surface area contributed by atoms with Crippen molar-refractivity contribution in [2.24, 2.45) is 5.92 Å². The number of nitrogens with one attached hydrogen (secondary N) is 1. The maximum Gasteiger partial charge on any atom is 0.340 e. The van der Waals surface area contributed by atoms with Gasteiger partial charge in [-0.15, -0.1) is 0 Å². The largest absolute Gasteiger partial charge is 0.480 e. The highest BCUT2D eigenvalue weighted by molar-refractivity contribution is 5.88. The third-order valence-electron chi connectivity index (χ3n) is 5.78. The Hall–Kier alpha value is -3.61. The predicted octanol–water partition coefficient (Wildman–Crippen LogP) is 3.99. The van der Waals surface area contributed by atoms with Gasteiger partial charge in [-0.25, -0.2) is 9.59 Å². The van der Waals surface area contributed by atoms with E-state index in [2.05, 4.69) is 5.32 Å². The molecule has 0 aliphatic heterocycles. The van der Waals surface area contributed by atoms with E-state index in [9.17, 15) is 19.5 Å². The van der Waals surface area contributed by atoms with E-state index in [1.807, 2.05) is 43.3 Å². The maximum absolute atomic E-state index is 12.8. The Morgan fingerprint density at radius 3 is 2.30 bits per heavy atom. The molecule has 0 saturated carbocycles. The molecule has 0 fully saturated rings. The maximum atomic E-state index is 12.8. The number of carbonyl (C=O) groups excluding carboxylic acids is 1. The summed E-state index contributed by atoms with van der Waals surface area (Å²) in [5.41, 5.74) is 3.05. The van der Waals surface area contributed by atoms with Gasteiger partial charge in [0.15, 0.2) is 6.10 Å². The second-order valence-electron chi connectivity index (χ2n) is 8.55. The summed E-state index contributed by atoms with van der Waals surface area (Å²) in [6.45, 7) is 8.63. The van der Waals surface area contributed by atoms with Crippen LogP contribution in [0, 0.1) is 19.8 Å². The molecule has 2 N–H and O–H groups in total. The van der Waals surface area contributed by atoms with Crippen LogP contribution in [0.15, 0.2) is 51.7 Å². The lowest BCUT2D eigenvalue weighted by molar-refractivity contribution is -0.144. The Labute approximate surface area is 192 Å². The summed E-state index contributed by atoms with van der Waals surface area (Å²) in [7, 11) is 0. The van der Waals surface area contributed by atoms with Gasteiger partial charge in [-0.05, 0) is 49.9 Å². The first-order valence-electron chi connectivity index (χ1n) is 10.9. The Balaban J connectivity index is 1.88. The topological polar surface area (TPSA) is 106 Å². The van der Waals surface area contributed by atoms with Crippen LogP contribution >= 0.6 is 0 Å². The first-order valence-corrected chi connectivity index (χ1v) is 10.9. The van der Waals surface area contributed by atoms with Crippen molar-refractivity contribution in [3.8, 4) is 5.75 Å². The van der Waals surface area contributed by atoms with Crippen LogP contribution in [-0.2, 0) is 16.0 Å². The fraction of sp³-hybridized carbons (Fsp3) is 0.346. The van der Waals surface area contributed by atoms with Gasteiger partial charge in [-0.2, -0.15) is 0 Å². The van der Waals surface area contributed by atoms with E-state index < -0.39 is 29.6 Å². The van der Waals surface area contributed by atoms with Gasteiger partial charge < -0.3 is 19.6 Å². The zero-order valence-corrected chi connectivity index (χ0v) is 19.5. The molecule has 0 spiro atoms. The minimum Gasteiger partial charge on any atom is -0.480 e. The Bertz CT molecular complexity index is 1230. The molecule has 1 aromatic heterocycles. The fourth-order valence-corrected chi connectivity index (χ4v) is 3.73. The first kappa shape index (κ1) is 24.0. The number of benzene rings is 2. The predicted molar refractivity (Wildman–Crippen MR) is 126 cm³/mol. The van der Waals surface area contributed by atoms with Crippen LogP contribution in [0.25, 0.3) is 11.0 Å². The van der Waals surface area contributed by atoms with Crippen molar-refractivity contribution in [1.29, 1.82) is 0 Å². The third-order valence-corrected chi connectivity index (χ3v) is 5.78. The van der Waals surface area contributed by atoms with Crippen LogP contribution in [0.5, 0.6) is 5.75 Å². The SMILES string of the molecule is Cc1c(Cc2ccccc2)c(=O)oc2c(C)c(OC(C)C(=O)N[C@H](C(=O)O)C(C)C)ccc12. The van der Waals surface area contributed by atoms with E-state index in [0.29, 0.717) is 28.9 Å². The molecule has 7 heteroatoms. The highest BCUT2D eigenvalue weighted by atomic mass is 16.5. The Morgan fingerprint density at radius 1 is 1.03 bits per heavy atom. The number of carbonyl (C=O) groups is 2. The van der Waals surface area contributed by atoms with Gasteiger partial charge in [-0.3, -0.25) is 4.79 Å². The zero-order valence-electron chi connectivity index (χ0n) is 19.5. The summed E-state index contributed by atoms with van der Waals surface area (Å²) < 4.78 is 11.5. The summed E-state index contributed by atoms with van der Waals surface area (Å²) in [5, 5.41) is 12.6. The lowest BCUT2D eigenvalue weighted by Gasteiger charge is -2.22. The molecule has 174 valence electrons. The van der Waals surface area contributed by atoms with Crippen LogP contribution in [0.1, 0.15) is 43.0 Å². The van der Waals surface area contributed by atoms with Crippen LogP contribution in [0.3, 0.4) is 0 Å². The van der Waals surface area contributed by atoms with E-state index in [-0.39, 0.29) is 5.92 Å². The molecule has 2 aromatic carbocycles. The molecule has 1 heterocycles. The van der Waals surface area contributed by atoms with Crippen LogP contribution in [0.2, 0.25) is 0 Å². The Morgan fingerprint density at radius 2 is 1.70 bits per heavy atom. The second kappa shape index (κ2) is 9.90. The van der Waals surface area contributed by atoms with Crippen molar-refractivity contribution < 1.29 is 23.8 Å². The summed E-state index contributed by atoms with van der Waals surface area (Å²) in [6, 6.07) is 12.2. The van der Waals surface area contributed by atoms with E-state index >= 15 is 0 Å². The number of ether oxygens (including phenoxy) is 1. The lowest BCUT2D eigenvalue weighted by atomic mass is 9.98. The number of aryl methyl sites for hydroxylation is 2. The van der Waals surface area contributed by atoms with Crippen LogP contribution in [0.4, 0.5) is 0 Å². The summed E-state index contributed by atoms with van der Waals surface area (Å²) in [5.74, 6) is -1.52. The van der Waals surface area contributed by atoms with E-state index in [0.717, 1.165) is 16.5 Å². The van der Waals surface area contributed by atoms with Crippen molar-refractivity contribution in [3.63, 3.8) is 0 Å². The number of fused-ring (bicyclic) bond motifs is 1. The van der Waals surface area contributed by atoms with Crippen molar-refractivity contribution >= 4 is 22.8 Å².